The van der Waals surface area contributed by atoms with Crippen molar-refractivity contribution in [2.24, 2.45) is 0 Å². The molecule has 1 N–H and O–H groups in total. The number of benzene rings is 1. The first-order valence-corrected chi connectivity index (χ1v) is 12.2. The number of amides is 1. The molecule has 0 saturated carbocycles. The van der Waals surface area contributed by atoms with Crippen LogP contribution in [0, 0.1) is 0 Å². The Morgan fingerprint density at radius 1 is 1.17 bits per heavy atom. The van der Waals surface area contributed by atoms with Gasteiger partial charge < -0.3 is 10.2 Å². The highest BCUT2D eigenvalue weighted by Crippen LogP contribution is 2.31. The maximum Gasteiger partial charge on any atom is 0.258 e. The second kappa shape index (κ2) is 9.77. The van der Waals surface area contributed by atoms with Gasteiger partial charge in [0.05, 0.1) is 10.6 Å². The van der Waals surface area contributed by atoms with E-state index in [1.165, 1.54) is 24.1 Å². The molecule has 1 amide bonds. The summed E-state index contributed by atoms with van der Waals surface area (Å²) < 4.78 is 0. The van der Waals surface area contributed by atoms with Crippen molar-refractivity contribution < 1.29 is 4.79 Å². The van der Waals surface area contributed by atoms with Gasteiger partial charge in [-0.1, -0.05) is 23.2 Å². The minimum Gasteiger partial charge on any atom is -0.371 e. The van der Waals surface area contributed by atoms with E-state index in [-0.39, 0.29) is 5.91 Å². The van der Waals surface area contributed by atoms with Crippen LogP contribution in [-0.2, 0) is 0 Å². The van der Waals surface area contributed by atoms with Crippen LogP contribution in [0.5, 0.6) is 0 Å². The SMILES string of the molecule is CN(c1ccc(Cl)cc1C(=O)Nc1ccc(Cl)cn1)C1CCN(C2CCSC2)CC1. The van der Waals surface area contributed by atoms with Crippen LogP contribution in [0.2, 0.25) is 10.0 Å². The molecule has 2 fully saturated rings. The van der Waals surface area contributed by atoms with E-state index in [0.29, 0.717) is 27.5 Å². The largest absolute Gasteiger partial charge is 0.371 e. The number of thioether (sulfide) groups is 1. The van der Waals surface area contributed by atoms with Crippen LogP contribution in [0.1, 0.15) is 29.6 Å². The van der Waals surface area contributed by atoms with E-state index in [0.717, 1.165) is 37.7 Å². The Morgan fingerprint density at radius 2 is 1.93 bits per heavy atom. The average molecular weight is 465 g/mol. The van der Waals surface area contributed by atoms with Crippen molar-refractivity contribution in [3.63, 3.8) is 0 Å². The number of rotatable bonds is 5. The van der Waals surface area contributed by atoms with E-state index >= 15 is 0 Å². The first kappa shape index (κ1) is 21.8. The number of carbonyl (C=O) groups is 1. The normalized spacial score (nSPS) is 20.3. The standard InChI is InChI=1S/C22H26Cl2N4OS/c1-27(17-6-9-28(10-7-17)18-8-11-30-14-18)20-4-2-15(23)12-19(20)22(29)26-21-5-3-16(24)13-25-21/h2-5,12-13,17-18H,6-11,14H2,1H3,(H,25,26,29). The van der Waals surface area contributed by atoms with E-state index < -0.39 is 0 Å². The first-order chi connectivity index (χ1) is 14.5. The number of nitrogens with one attached hydrogen (secondary N) is 1. The molecule has 2 aromatic rings. The number of anilines is 2. The molecule has 0 bridgehead atoms. The zero-order chi connectivity index (χ0) is 21.1. The number of hydrogen-bond acceptors (Lipinski definition) is 5. The zero-order valence-corrected chi connectivity index (χ0v) is 19.3. The van der Waals surface area contributed by atoms with Crippen molar-refractivity contribution in [2.45, 2.75) is 31.3 Å². The van der Waals surface area contributed by atoms with E-state index in [1.54, 1.807) is 18.2 Å². The van der Waals surface area contributed by atoms with Gasteiger partial charge in [-0.2, -0.15) is 11.8 Å². The quantitative estimate of drug-likeness (QED) is 0.670. The molecule has 1 atom stereocenters. The topological polar surface area (TPSA) is 48.5 Å². The fourth-order valence-corrected chi connectivity index (χ4v) is 5.82. The second-order valence-electron chi connectivity index (χ2n) is 7.87. The highest BCUT2D eigenvalue weighted by atomic mass is 35.5. The molecule has 8 heteroatoms. The van der Waals surface area contributed by atoms with Crippen molar-refractivity contribution >= 4 is 52.4 Å². The molecule has 4 rings (SSSR count). The van der Waals surface area contributed by atoms with Crippen molar-refractivity contribution in [3.8, 4) is 0 Å². The lowest BCUT2D eigenvalue weighted by Crippen LogP contribution is -2.47. The molecule has 30 heavy (non-hydrogen) atoms. The van der Waals surface area contributed by atoms with Gasteiger partial charge in [0.15, 0.2) is 0 Å². The Bertz CT molecular complexity index is 881. The van der Waals surface area contributed by atoms with Gasteiger partial charge >= 0.3 is 0 Å². The molecule has 160 valence electrons. The van der Waals surface area contributed by atoms with E-state index in [2.05, 4.69) is 38.9 Å². The van der Waals surface area contributed by atoms with E-state index in [9.17, 15) is 4.79 Å². The number of carbonyl (C=O) groups excluding carboxylic acids is 1. The maximum atomic E-state index is 13.0. The van der Waals surface area contributed by atoms with Crippen LogP contribution in [0.15, 0.2) is 36.5 Å². The van der Waals surface area contributed by atoms with E-state index in [1.807, 2.05) is 12.1 Å². The number of nitrogens with zero attached hydrogens (tertiary/aromatic N) is 3. The molecular formula is C22H26Cl2N4OS. The summed E-state index contributed by atoms with van der Waals surface area (Å²) in [4.78, 5) is 22.0. The zero-order valence-electron chi connectivity index (χ0n) is 17.0. The summed E-state index contributed by atoms with van der Waals surface area (Å²) in [6.45, 7) is 2.23. The summed E-state index contributed by atoms with van der Waals surface area (Å²) >= 11 is 14.2. The summed E-state index contributed by atoms with van der Waals surface area (Å²) in [5.74, 6) is 2.78. The lowest BCUT2D eigenvalue weighted by Gasteiger charge is -2.40. The molecule has 2 saturated heterocycles. The number of likely N-dealkylation sites (tertiary alicyclic amines) is 1. The number of aromatic nitrogens is 1. The number of hydrogen-bond donors (Lipinski definition) is 1. The van der Waals surface area contributed by atoms with Crippen LogP contribution in [0.25, 0.3) is 0 Å². The van der Waals surface area contributed by atoms with Gasteiger partial charge in [-0.15, -0.1) is 0 Å². The third-order valence-corrected chi connectivity index (χ3v) is 7.62. The van der Waals surface area contributed by atoms with Crippen LogP contribution in [0.4, 0.5) is 11.5 Å². The van der Waals surface area contributed by atoms with Gasteiger partial charge in [0.1, 0.15) is 5.82 Å². The van der Waals surface area contributed by atoms with Crippen LogP contribution in [0.3, 0.4) is 0 Å². The van der Waals surface area contributed by atoms with Crippen LogP contribution < -0.4 is 10.2 Å². The molecule has 0 aliphatic carbocycles. The third kappa shape index (κ3) is 5.05. The van der Waals surface area contributed by atoms with Crippen molar-refractivity contribution in [3.05, 3.63) is 52.1 Å². The summed E-state index contributed by atoms with van der Waals surface area (Å²) in [6.07, 6.45) is 5.02. The summed E-state index contributed by atoms with van der Waals surface area (Å²) in [6, 6.07) is 10.0. The number of piperidine rings is 1. The minimum absolute atomic E-state index is 0.227. The van der Waals surface area contributed by atoms with Gasteiger partial charge in [-0.05, 0) is 55.3 Å². The Kier molecular flexibility index (Phi) is 7.08. The summed E-state index contributed by atoms with van der Waals surface area (Å²) in [5, 5.41) is 3.91. The molecule has 2 aliphatic heterocycles. The molecule has 0 spiro atoms. The van der Waals surface area contributed by atoms with Crippen LogP contribution >= 0.6 is 35.0 Å². The highest BCUT2D eigenvalue weighted by molar-refractivity contribution is 7.99. The fourth-order valence-electron chi connectivity index (χ4n) is 4.28. The second-order valence-corrected chi connectivity index (χ2v) is 9.90. The predicted octanol–water partition coefficient (Wildman–Crippen LogP) is 5.05. The van der Waals surface area contributed by atoms with Gasteiger partial charge in [0, 0.05) is 54.9 Å². The van der Waals surface area contributed by atoms with Gasteiger partial charge in [-0.3, -0.25) is 9.69 Å². The molecule has 0 radical (unpaired) electrons. The molecule has 3 heterocycles. The first-order valence-electron chi connectivity index (χ1n) is 10.3. The lowest BCUT2D eigenvalue weighted by molar-refractivity contribution is 0.102. The van der Waals surface area contributed by atoms with E-state index in [4.69, 9.17) is 23.2 Å². The lowest BCUT2D eigenvalue weighted by atomic mass is 10.00. The van der Waals surface area contributed by atoms with Gasteiger partial charge in [-0.25, -0.2) is 4.98 Å². The molecule has 5 nitrogen and oxygen atoms in total. The highest BCUT2D eigenvalue weighted by Gasteiger charge is 2.30. The average Bonchev–Trinajstić information content (AvgIpc) is 3.30. The minimum atomic E-state index is -0.227. The van der Waals surface area contributed by atoms with Gasteiger partial charge in [0.2, 0.25) is 0 Å². The smallest absolute Gasteiger partial charge is 0.258 e. The monoisotopic (exact) mass is 464 g/mol. The van der Waals surface area contributed by atoms with Gasteiger partial charge in [0.25, 0.3) is 5.91 Å². The summed E-state index contributed by atoms with van der Waals surface area (Å²) in [5.41, 5.74) is 1.44. The molecule has 1 aromatic heterocycles. The third-order valence-electron chi connectivity index (χ3n) is 6.02. The Hall–Kier alpha value is -1.47. The molecule has 2 aliphatic rings. The Balaban J connectivity index is 1.47. The van der Waals surface area contributed by atoms with Crippen LogP contribution in [-0.4, -0.2) is 59.5 Å². The Labute approximate surface area is 192 Å². The summed E-state index contributed by atoms with van der Waals surface area (Å²) in [7, 11) is 2.08. The molecule has 1 aromatic carbocycles. The molecular weight excluding hydrogens is 439 g/mol. The predicted molar refractivity (Wildman–Crippen MR) is 127 cm³/mol. The van der Waals surface area contributed by atoms with Crippen molar-refractivity contribution in [2.75, 3.05) is 41.9 Å². The fraction of sp³-hybridized carbons (Fsp3) is 0.455. The number of pyridine rings is 1. The number of halogens is 2. The maximum absolute atomic E-state index is 13.0. The van der Waals surface area contributed by atoms with Crippen molar-refractivity contribution in [1.29, 1.82) is 0 Å². The molecule has 1 unspecified atom stereocenters. The Morgan fingerprint density at radius 3 is 2.60 bits per heavy atom. The van der Waals surface area contributed by atoms with Crippen molar-refractivity contribution in [1.82, 2.24) is 9.88 Å².